The average Bonchev–Trinajstić information content (AvgIpc) is 3.18. The van der Waals surface area contributed by atoms with Crippen LogP contribution in [0.1, 0.15) is 12.5 Å². The van der Waals surface area contributed by atoms with Crippen LogP contribution in [0.3, 0.4) is 0 Å². The molecule has 0 atom stereocenters. The van der Waals surface area contributed by atoms with Crippen molar-refractivity contribution < 1.29 is 19.0 Å². The Morgan fingerprint density at radius 2 is 1.93 bits per heavy atom. The van der Waals surface area contributed by atoms with Gasteiger partial charge in [-0.2, -0.15) is 0 Å². The molecule has 7 heteroatoms. The number of benzene rings is 3. The number of aromatic hydroxyl groups is 1. The first-order valence-corrected chi connectivity index (χ1v) is 10.1. The van der Waals surface area contributed by atoms with Gasteiger partial charge >= 0.3 is 0 Å². The largest absolute Gasteiger partial charge is 0.504 e. The van der Waals surface area contributed by atoms with E-state index >= 15 is 0 Å². The van der Waals surface area contributed by atoms with Crippen LogP contribution in [0.25, 0.3) is 22.6 Å². The number of hydrogen-bond acceptors (Lipinski definition) is 6. The van der Waals surface area contributed by atoms with Crippen molar-refractivity contribution in [2.24, 2.45) is 4.99 Å². The van der Waals surface area contributed by atoms with Crippen molar-refractivity contribution in [3.63, 3.8) is 0 Å². The fraction of sp³-hybridized carbons (Fsp3) is 0.130. The van der Waals surface area contributed by atoms with Crippen molar-refractivity contribution in [2.75, 3.05) is 13.7 Å². The predicted molar refractivity (Wildman–Crippen MR) is 120 cm³/mol. The minimum Gasteiger partial charge on any atom is -0.504 e. The number of hydrogen-bond donors (Lipinski definition) is 1. The molecule has 0 aliphatic heterocycles. The number of rotatable bonds is 6. The highest BCUT2D eigenvalue weighted by Crippen LogP contribution is 2.33. The number of phenolic OH excluding ortho intramolecular Hbond substituents is 1. The summed E-state index contributed by atoms with van der Waals surface area (Å²) in [5, 5.41) is 10.3. The molecule has 4 aromatic rings. The van der Waals surface area contributed by atoms with Crippen molar-refractivity contribution in [1.82, 2.24) is 4.98 Å². The number of methoxy groups -OCH3 is 1. The molecule has 1 heterocycles. The first-order valence-electron chi connectivity index (χ1n) is 9.31. The van der Waals surface area contributed by atoms with E-state index in [4.69, 9.17) is 13.9 Å². The van der Waals surface area contributed by atoms with E-state index in [1.807, 2.05) is 49.4 Å². The smallest absolute Gasteiger partial charge is 0.227 e. The zero-order valence-electron chi connectivity index (χ0n) is 16.4. The van der Waals surface area contributed by atoms with E-state index < -0.39 is 0 Å². The topological polar surface area (TPSA) is 77.1 Å². The van der Waals surface area contributed by atoms with Crippen molar-refractivity contribution in [3.8, 4) is 28.7 Å². The van der Waals surface area contributed by atoms with E-state index in [-0.39, 0.29) is 5.75 Å². The zero-order chi connectivity index (χ0) is 21.1. The lowest BCUT2D eigenvalue weighted by molar-refractivity contribution is 0.340. The first kappa shape index (κ1) is 20.0. The van der Waals surface area contributed by atoms with Crippen LogP contribution < -0.4 is 9.47 Å². The van der Waals surface area contributed by atoms with Crippen LogP contribution in [-0.4, -0.2) is 30.0 Å². The number of ether oxygens (including phenoxy) is 2. The van der Waals surface area contributed by atoms with E-state index in [2.05, 4.69) is 25.9 Å². The molecule has 0 saturated heterocycles. The molecular formula is C23H19BrN2O4. The second-order valence-corrected chi connectivity index (χ2v) is 7.35. The number of oxazole rings is 1. The lowest BCUT2D eigenvalue weighted by atomic mass is 10.2. The van der Waals surface area contributed by atoms with Crippen LogP contribution in [0.5, 0.6) is 17.2 Å². The van der Waals surface area contributed by atoms with Gasteiger partial charge in [-0.05, 0) is 61.5 Å². The summed E-state index contributed by atoms with van der Waals surface area (Å²) in [6.07, 6.45) is 1.58. The van der Waals surface area contributed by atoms with E-state index in [1.54, 1.807) is 18.3 Å². The van der Waals surface area contributed by atoms with E-state index in [9.17, 15) is 5.11 Å². The van der Waals surface area contributed by atoms with Gasteiger partial charge in [-0.3, -0.25) is 4.99 Å². The second-order valence-electron chi connectivity index (χ2n) is 6.43. The van der Waals surface area contributed by atoms with Gasteiger partial charge < -0.3 is 19.0 Å². The molecule has 30 heavy (non-hydrogen) atoms. The van der Waals surface area contributed by atoms with E-state index in [0.717, 1.165) is 15.8 Å². The van der Waals surface area contributed by atoms with Crippen LogP contribution in [0.15, 0.2) is 68.5 Å². The summed E-state index contributed by atoms with van der Waals surface area (Å²) in [6, 6.07) is 16.6. The third kappa shape index (κ3) is 4.16. The van der Waals surface area contributed by atoms with E-state index in [0.29, 0.717) is 40.6 Å². The molecule has 0 bridgehead atoms. The molecule has 3 aromatic carbocycles. The number of nitrogens with zero attached hydrogens (tertiary/aromatic N) is 2. The third-order valence-corrected chi connectivity index (χ3v) is 4.88. The lowest BCUT2D eigenvalue weighted by Gasteiger charge is -2.06. The summed E-state index contributed by atoms with van der Waals surface area (Å²) in [6.45, 7) is 2.57. The molecule has 0 radical (unpaired) electrons. The molecule has 0 spiro atoms. The number of fused-ring (bicyclic) bond motifs is 1. The van der Waals surface area contributed by atoms with E-state index in [1.165, 1.54) is 7.11 Å². The summed E-state index contributed by atoms with van der Waals surface area (Å²) in [4.78, 5) is 9.03. The van der Waals surface area contributed by atoms with Crippen LogP contribution in [0, 0.1) is 0 Å². The third-order valence-electron chi connectivity index (χ3n) is 4.43. The Kier molecular flexibility index (Phi) is 5.72. The SMILES string of the molecule is CCOc1ccc(-c2nc3cc(N=Cc4cc(Br)cc(OC)c4O)ccc3o2)cc1. The maximum atomic E-state index is 10.3. The fourth-order valence-corrected chi connectivity index (χ4v) is 3.43. The van der Waals surface area contributed by atoms with Crippen LogP contribution in [0.4, 0.5) is 5.69 Å². The van der Waals surface area contributed by atoms with Crippen molar-refractivity contribution in [3.05, 3.63) is 64.6 Å². The van der Waals surface area contributed by atoms with Crippen LogP contribution >= 0.6 is 15.9 Å². The van der Waals surface area contributed by atoms with Gasteiger partial charge in [0.05, 0.1) is 19.4 Å². The summed E-state index contributed by atoms with van der Waals surface area (Å²) in [5.74, 6) is 1.74. The molecule has 0 amide bonds. The highest BCUT2D eigenvalue weighted by atomic mass is 79.9. The quantitative estimate of drug-likeness (QED) is 0.346. The van der Waals surface area contributed by atoms with Gasteiger partial charge in [-0.15, -0.1) is 0 Å². The molecule has 0 fully saturated rings. The standard InChI is InChI=1S/C23H19BrN2O4/c1-3-29-18-7-4-14(5-8-18)23-26-19-12-17(6-9-20(19)30-23)25-13-15-10-16(24)11-21(28-2)22(15)27/h4-13,27H,3H2,1-2H3. The molecule has 0 unspecified atom stereocenters. The Hall–Kier alpha value is -3.32. The molecule has 152 valence electrons. The number of aromatic nitrogens is 1. The van der Waals surface area contributed by atoms with Crippen LogP contribution in [-0.2, 0) is 0 Å². The van der Waals surface area contributed by atoms with Gasteiger partial charge in [-0.25, -0.2) is 4.98 Å². The fourth-order valence-electron chi connectivity index (χ4n) is 2.97. The van der Waals surface area contributed by atoms with Crippen LogP contribution in [0.2, 0.25) is 0 Å². The monoisotopic (exact) mass is 466 g/mol. The molecule has 0 saturated carbocycles. The Bertz CT molecular complexity index is 1220. The first-order chi connectivity index (χ1) is 14.6. The molecule has 6 nitrogen and oxygen atoms in total. The summed E-state index contributed by atoms with van der Waals surface area (Å²) in [7, 11) is 1.50. The van der Waals surface area contributed by atoms with Gasteiger partial charge in [0, 0.05) is 21.8 Å². The summed E-state index contributed by atoms with van der Waals surface area (Å²) in [5.41, 5.74) is 3.46. The highest BCUT2D eigenvalue weighted by molar-refractivity contribution is 9.10. The predicted octanol–water partition coefficient (Wildman–Crippen LogP) is 6.12. The maximum absolute atomic E-state index is 10.3. The Labute approximate surface area is 181 Å². The van der Waals surface area contributed by atoms with Gasteiger partial charge in [0.1, 0.15) is 11.3 Å². The lowest BCUT2D eigenvalue weighted by Crippen LogP contribution is -1.90. The maximum Gasteiger partial charge on any atom is 0.227 e. The normalized spacial score (nSPS) is 11.3. The number of aliphatic imine (C=N–C) groups is 1. The Morgan fingerprint density at radius 3 is 2.67 bits per heavy atom. The Morgan fingerprint density at radius 1 is 1.13 bits per heavy atom. The van der Waals surface area contributed by atoms with Gasteiger partial charge in [0.25, 0.3) is 0 Å². The van der Waals surface area contributed by atoms with Gasteiger partial charge in [0.15, 0.2) is 17.1 Å². The second kappa shape index (κ2) is 8.59. The highest BCUT2D eigenvalue weighted by Gasteiger charge is 2.10. The minimum atomic E-state index is 0.0322. The molecule has 1 N–H and O–H groups in total. The molecule has 0 aliphatic carbocycles. The molecular weight excluding hydrogens is 448 g/mol. The molecule has 4 rings (SSSR count). The average molecular weight is 467 g/mol. The summed E-state index contributed by atoms with van der Waals surface area (Å²) >= 11 is 3.40. The number of phenols is 1. The number of halogens is 1. The van der Waals surface area contributed by atoms with Gasteiger partial charge in [-0.1, -0.05) is 15.9 Å². The zero-order valence-corrected chi connectivity index (χ0v) is 18.0. The Balaban J connectivity index is 1.61. The molecule has 0 aliphatic rings. The van der Waals surface area contributed by atoms with Gasteiger partial charge in [0.2, 0.25) is 5.89 Å². The molecule has 1 aromatic heterocycles. The van der Waals surface area contributed by atoms with Crippen molar-refractivity contribution in [1.29, 1.82) is 0 Å². The summed E-state index contributed by atoms with van der Waals surface area (Å²) < 4.78 is 17.3. The minimum absolute atomic E-state index is 0.0322. The van der Waals surface area contributed by atoms with Crippen molar-refractivity contribution in [2.45, 2.75) is 6.92 Å². The van der Waals surface area contributed by atoms with Crippen molar-refractivity contribution >= 4 is 38.9 Å².